The fourth-order valence-corrected chi connectivity index (χ4v) is 1.52. The summed E-state index contributed by atoms with van der Waals surface area (Å²) in [7, 11) is 0. The van der Waals surface area contributed by atoms with Crippen LogP contribution in [0.3, 0.4) is 0 Å². The summed E-state index contributed by atoms with van der Waals surface area (Å²) in [5.74, 6) is 0. The van der Waals surface area contributed by atoms with Crippen LogP contribution >= 0.6 is 0 Å². The fourth-order valence-electron chi connectivity index (χ4n) is 1.52. The second kappa shape index (κ2) is 5.67. The Morgan fingerprint density at radius 2 is 1.89 bits per heavy atom. The number of carbonyl (C=O) groups excluding carboxylic acids is 1. The van der Waals surface area contributed by atoms with Crippen LogP contribution in [0, 0.1) is 0 Å². The number of pyridine rings is 1. The van der Waals surface area contributed by atoms with Crippen molar-refractivity contribution in [3.8, 4) is 0 Å². The largest absolute Gasteiger partial charge is 0.381 e. The third-order valence-corrected chi connectivity index (χ3v) is 2.37. The number of amides is 2. The van der Waals surface area contributed by atoms with Crippen LogP contribution in [-0.4, -0.2) is 11.0 Å². The highest BCUT2D eigenvalue weighted by Crippen LogP contribution is 2.14. The molecule has 0 aliphatic heterocycles. The first-order valence-corrected chi connectivity index (χ1v) is 5.53. The van der Waals surface area contributed by atoms with Crippen LogP contribution in [0.5, 0.6) is 0 Å². The van der Waals surface area contributed by atoms with Crippen molar-refractivity contribution in [1.29, 1.82) is 0 Å². The minimum absolute atomic E-state index is 0.564. The van der Waals surface area contributed by atoms with Crippen molar-refractivity contribution in [1.82, 2.24) is 4.98 Å². The lowest BCUT2D eigenvalue weighted by Crippen LogP contribution is -2.19. The first-order valence-electron chi connectivity index (χ1n) is 5.53. The second-order valence-corrected chi connectivity index (χ2v) is 3.78. The van der Waals surface area contributed by atoms with Gasteiger partial charge in [0.1, 0.15) is 0 Å². The van der Waals surface area contributed by atoms with Gasteiger partial charge in [0.25, 0.3) is 0 Å². The molecule has 5 nitrogen and oxygen atoms in total. The summed E-state index contributed by atoms with van der Waals surface area (Å²) in [5.41, 5.74) is 7.77. The van der Waals surface area contributed by atoms with E-state index < -0.39 is 6.03 Å². The van der Waals surface area contributed by atoms with Gasteiger partial charge in [0, 0.05) is 30.3 Å². The van der Waals surface area contributed by atoms with Gasteiger partial charge in [-0.3, -0.25) is 4.98 Å². The zero-order valence-electron chi connectivity index (χ0n) is 9.76. The van der Waals surface area contributed by atoms with Crippen LogP contribution in [0.4, 0.5) is 16.2 Å². The van der Waals surface area contributed by atoms with Crippen molar-refractivity contribution in [3.05, 3.63) is 54.4 Å². The number of rotatable bonds is 4. The topological polar surface area (TPSA) is 80.0 Å². The molecule has 5 heteroatoms. The number of urea groups is 1. The van der Waals surface area contributed by atoms with E-state index in [4.69, 9.17) is 5.73 Å². The van der Waals surface area contributed by atoms with Gasteiger partial charge < -0.3 is 16.4 Å². The maximum atomic E-state index is 10.7. The van der Waals surface area contributed by atoms with E-state index in [9.17, 15) is 4.79 Å². The van der Waals surface area contributed by atoms with Gasteiger partial charge in [0.05, 0.1) is 0 Å². The smallest absolute Gasteiger partial charge is 0.316 e. The molecule has 0 unspecified atom stereocenters. The third-order valence-electron chi connectivity index (χ3n) is 2.37. The van der Waals surface area contributed by atoms with E-state index in [1.54, 1.807) is 18.3 Å². The van der Waals surface area contributed by atoms with Crippen LogP contribution in [-0.2, 0) is 6.54 Å². The molecule has 2 rings (SSSR count). The number of aromatic nitrogens is 1. The maximum absolute atomic E-state index is 10.7. The van der Waals surface area contributed by atoms with E-state index in [1.165, 1.54) is 0 Å². The minimum atomic E-state index is -0.564. The Labute approximate surface area is 105 Å². The van der Waals surface area contributed by atoms with E-state index in [0.717, 1.165) is 11.3 Å². The molecule has 1 heterocycles. The number of hydrogen-bond acceptors (Lipinski definition) is 3. The van der Waals surface area contributed by atoms with Gasteiger partial charge in [0.2, 0.25) is 0 Å². The Balaban J connectivity index is 1.92. The second-order valence-electron chi connectivity index (χ2n) is 3.78. The SMILES string of the molecule is NC(=O)Nc1ccc(NCc2cccnc2)cc1. The minimum Gasteiger partial charge on any atom is -0.381 e. The van der Waals surface area contributed by atoms with Crippen LogP contribution in [0.1, 0.15) is 5.56 Å². The van der Waals surface area contributed by atoms with Gasteiger partial charge in [-0.05, 0) is 35.9 Å². The molecule has 0 aliphatic carbocycles. The van der Waals surface area contributed by atoms with Crippen LogP contribution < -0.4 is 16.4 Å². The molecular weight excluding hydrogens is 228 g/mol. The molecule has 2 amide bonds. The van der Waals surface area contributed by atoms with E-state index in [2.05, 4.69) is 15.6 Å². The number of hydrogen-bond donors (Lipinski definition) is 3. The van der Waals surface area contributed by atoms with Crippen molar-refractivity contribution < 1.29 is 4.79 Å². The number of anilines is 2. The Kier molecular flexibility index (Phi) is 3.76. The summed E-state index contributed by atoms with van der Waals surface area (Å²) >= 11 is 0. The summed E-state index contributed by atoms with van der Waals surface area (Å²) < 4.78 is 0. The summed E-state index contributed by atoms with van der Waals surface area (Å²) in [6.45, 7) is 0.705. The molecular formula is C13H14N4O. The summed E-state index contributed by atoms with van der Waals surface area (Å²) in [6.07, 6.45) is 3.56. The molecule has 1 aromatic carbocycles. The Bertz CT molecular complexity index is 510. The predicted molar refractivity (Wildman–Crippen MR) is 71.2 cm³/mol. The van der Waals surface area contributed by atoms with Crippen molar-refractivity contribution in [3.63, 3.8) is 0 Å². The normalized spacial score (nSPS) is 9.78. The molecule has 0 bridgehead atoms. The number of nitrogens with zero attached hydrogens (tertiary/aromatic N) is 1. The van der Waals surface area contributed by atoms with Crippen molar-refractivity contribution in [2.45, 2.75) is 6.54 Å². The van der Waals surface area contributed by atoms with E-state index in [1.807, 2.05) is 30.5 Å². The molecule has 0 spiro atoms. The lowest BCUT2D eigenvalue weighted by Gasteiger charge is -2.07. The molecule has 2 aromatic rings. The molecule has 0 fully saturated rings. The molecule has 0 atom stereocenters. The average Bonchev–Trinajstić information content (AvgIpc) is 2.38. The first kappa shape index (κ1) is 11.9. The molecule has 92 valence electrons. The standard InChI is InChI=1S/C13H14N4O/c14-13(18)17-12-5-3-11(4-6-12)16-9-10-2-1-7-15-8-10/h1-8,16H,9H2,(H3,14,17,18). The van der Waals surface area contributed by atoms with Gasteiger partial charge >= 0.3 is 6.03 Å². The molecule has 4 N–H and O–H groups in total. The molecule has 1 aromatic heterocycles. The quantitative estimate of drug-likeness (QED) is 0.768. The molecule has 0 aliphatic rings. The third kappa shape index (κ3) is 3.48. The number of benzene rings is 1. The van der Waals surface area contributed by atoms with Crippen molar-refractivity contribution in [2.75, 3.05) is 10.6 Å². The molecule has 0 saturated carbocycles. The molecule has 18 heavy (non-hydrogen) atoms. The van der Waals surface area contributed by atoms with Gasteiger partial charge in [0.15, 0.2) is 0 Å². The first-order chi connectivity index (χ1) is 8.74. The van der Waals surface area contributed by atoms with Crippen LogP contribution in [0.15, 0.2) is 48.8 Å². The van der Waals surface area contributed by atoms with Gasteiger partial charge in [-0.1, -0.05) is 6.07 Å². The van der Waals surface area contributed by atoms with Crippen molar-refractivity contribution >= 4 is 17.4 Å². The van der Waals surface area contributed by atoms with E-state index in [-0.39, 0.29) is 0 Å². The summed E-state index contributed by atoms with van der Waals surface area (Å²) in [5, 5.41) is 5.76. The average molecular weight is 242 g/mol. The molecule has 0 saturated heterocycles. The monoisotopic (exact) mass is 242 g/mol. The van der Waals surface area contributed by atoms with Gasteiger partial charge in [-0.2, -0.15) is 0 Å². The number of carbonyl (C=O) groups is 1. The highest BCUT2D eigenvalue weighted by Gasteiger charge is 1.97. The van der Waals surface area contributed by atoms with E-state index >= 15 is 0 Å². The van der Waals surface area contributed by atoms with E-state index in [0.29, 0.717) is 12.2 Å². The molecule has 0 radical (unpaired) electrons. The Morgan fingerprint density at radius 1 is 1.17 bits per heavy atom. The maximum Gasteiger partial charge on any atom is 0.316 e. The summed E-state index contributed by atoms with van der Waals surface area (Å²) in [6, 6.07) is 10.7. The van der Waals surface area contributed by atoms with Crippen LogP contribution in [0.25, 0.3) is 0 Å². The Hall–Kier alpha value is -2.56. The van der Waals surface area contributed by atoms with Gasteiger partial charge in [-0.25, -0.2) is 4.79 Å². The lowest BCUT2D eigenvalue weighted by molar-refractivity contribution is 0.259. The predicted octanol–water partition coefficient (Wildman–Crippen LogP) is 2.18. The lowest BCUT2D eigenvalue weighted by atomic mass is 10.2. The summed E-state index contributed by atoms with van der Waals surface area (Å²) in [4.78, 5) is 14.7. The highest BCUT2D eigenvalue weighted by atomic mass is 16.2. The fraction of sp³-hybridized carbons (Fsp3) is 0.0769. The highest BCUT2D eigenvalue weighted by molar-refractivity contribution is 5.87. The zero-order chi connectivity index (χ0) is 12.8. The Morgan fingerprint density at radius 3 is 2.50 bits per heavy atom. The zero-order valence-corrected chi connectivity index (χ0v) is 9.76. The van der Waals surface area contributed by atoms with Crippen molar-refractivity contribution in [2.24, 2.45) is 5.73 Å². The number of nitrogens with one attached hydrogen (secondary N) is 2. The number of primary amides is 1. The van der Waals surface area contributed by atoms with Gasteiger partial charge in [-0.15, -0.1) is 0 Å². The number of nitrogens with two attached hydrogens (primary N) is 1. The van der Waals surface area contributed by atoms with Crippen LogP contribution in [0.2, 0.25) is 0 Å².